The van der Waals surface area contributed by atoms with Gasteiger partial charge in [-0.2, -0.15) is 0 Å². The van der Waals surface area contributed by atoms with Gasteiger partial charge < -0.3 is 0 Å². The van der Waals surface area contributed by atoms with Crippen LogP contribution in [0.2, 0.25) is 5.02 Å². The van der Waals surface area contributed by atoms with Gasteiger partial charge in [-0.15, -0.1) is 11.3 Å². The van der Waals surface area contributed by atoms with E-state index in [9.17, 15) is 0 Å². The summed E-state index contributed by atoms with van der Waals surface area (Å²) in [4.78, 5) is 0. The summed E-state index contributed by atoms with van der Waals surface area (Å²) < 4.78 is 2.33. The summed E-state index contributed by atoms with van der Waals surface area (Å²) in [7, 11) is 0. The molecule has 0 atom stereocenters. The third kappa shape index (κ3) is 1.18. The standard InChI is InChI=1S/C9H6BrClS/c1-5-2-3-7-8(9(5)11)6(10)4-12-7/h2-4H,1H3. The van der Waals surface area contributed by atoms with E-state index in [0.717, 1.165) is 20.4 Å². The van der Waals surface area contributed by atoms with E-state index in [4.69, 9.17) is 11.6 Å². The molecule has 1 aromatic heterocycles. The first-order chi connectivity index (χ1) is 5.70. The fourth-order valence-electron chi connectivity index (χ4n) is 1.16. The van der Waals surface area contributed by atoms with Crippen LogP contribution in [0.25, 0.3) is 10.1 Å². The largest absolute Gasteiger partial charge is 0.143 e. The molecule has 1 aromatic carbocycles. The van der Waals surface area contributed by atoms with Crippen molar-refractivity contribution in [3.05, 3.63) is 32.6 Å². The summed E-state index contributed by atoms with van der Waals surface area (Å²) in [5.41, 5.74) is 1.13. The third-order valence-electron chi connectivity index (χ3n) is 1.83. The van der Waals surface area contributed by atoms with Gasteiger partial charge in [0.15, 0.2) is 0 Å². The van der Waals surface area contributed by atoms with Crippen LogP contribution in [0.15, 0.2) is 22.0 Å². The second-order valence-corrected chi connectivity index (χ2v) is 4.80. The summed E-state index contributed by atoms with van der Waals surface area (Å²) in [5, 5.41) is 4.07. The maximum absolute atomic E-state index is 6.15. The highest BCUT2D eigenvalue weighted by atomic mass is 79.9. The van der Waals surface area contributed by atoms with Crippen molar-refractivity contribution in [3.63, 3.8) is 0 Å². The molecule has 0 fully saturated rings. The number of rotatable bonds is 0. The summed E-state index contributed by atoms with van der Waals surface area (Å²) >= 11 is 11.3. The molecule has 3 heteroatoms. The molecule has 0 N–H and O–H groups in total. The molecule has 1 heterocycles. The zero-order valence-corrected chi connectivity index (χ0v) is 9.55. The van der Waals surface area contributed by atoms with Crippen LogP contribution in [-0.2, 0) is 0 Å². The van der Waals surface area contributed by atoms with Crippen molar-refractivity contribution < 1.29 is 0 Å². The van der Waals surface area contributed by atoms with Gasteiger partial charge in [-0.1, -0.05) is 17.7 Å². The fraction of sp³-hybridized carbons (Fsp3) is 0.111. The van der Waals surface area contributed by atoms with E-state index in [2.05, 4.69) is 27.4 Å². The molecule has 0 aliphatic heterocycles. The number of aryl methyl sites for hydroxylation is 1. The maximum Gasteiger partial charge on any atom is 0.0533 e. The molecular weight excluding hydrogens is 256 g/mol. The molecule has 12 heavy (non-hydrogen) atoms. The zero-order chi connectivity index (χ0) is 8.72. The van der Waals surface area contributed by atoms with E-state index in [1.807, 2.05) is 13.0 Å². The second kappa shape index (κ2) is 3.02. The summed E-state index contributed by atoms with van der Waals surface area (Å²) in [6.07, 6.45) is 0. The van der Waals surface area contributed by atoms with E-state index in [1.54, 1.807) is 11.3 Å². The van der Waals surface area contributed by atoms with Crippen LogP contribution in [0.4, 0.5) is 0 Å². The number of hydrogen-bond donors (Lipinski definition) is 0. The van der Waals surface area contributed by atoms with E-state index in [-0.39, 0.29) is 0 Å². The van der Waals surface area contributed by atoms with Crippen molar-refractivity contribution in [2.75, 3.05) is 0 Å². The lowest BCUT2D eigenvalue weighted by molar-refractivity contribution is 1.51. The van der Waals surface area contributed by atoms with Crippen LogP contribution < -0.4 is 0 Å². The van der Waals surface area contributed by atoms with Crippen LogP contribution >= 0.6 is 38.9 Å². The highest BCUT2D eigenvalue weighted by Crippen LogP contribution is 2.36. The lowest BCUT2D eigenvalue weighted by atomic mass is 10.2. The Labute approximate surface area is 88.3 Å². The molecule has 0 aliphatic carbocycles. The summed E-state index contributed by atoms with van der Waals surface area (Å²) in [6.45, 7) is 2.02. The Morgan fingerprint density at radius 2 is 2.17 bits per heavy atom. The highest BCUT2D eigenvalue weighted by molar-refractivity contribution is 9.10. The maximum atomic E-state index is 6.15. The normalized spacial score (nSPS) is 10.9. The predicted molar refractivity (Wildman–Crippen MR) is 59.3 cm³/mol. The molecule has 0 nitrogen and oxygen atoms in total. The van der Waals surface area contributed by atoms with Gasteiger partial charge in [0, 0.05) is 19.9 Å². The predicted octanol–water partition coefficient (Wildman–Crippen LogP) is 4.63. The van der Waals surface area contributed by atoms with Gasteiger partial charge in [0.2, 0.25) is 0 Å². The van der Waals surface area contributed by atoms with Crippen LogP contribution in [0.5, 0.6) is 0 Å². The summed E-state index contributed by atoms with van der Waals surface area (Å²) in [5.74, 6) is 0. The Kier molecular flexibility index (Phi) is 2.15. The molecular formula is C9H6BrClS. The molecule has 0 unspecified atom stereocenters. The van der Waals surface area contributed by atoms with Gasteiger partial charge in [0.25, 0.3) is 0 Å². The molecule has 2 rings (SSSR count). The van der Waals surface area contributed by atoms with Crippen molar-refractivity contribution in [1.82, 2.24) is 0 Å². The van der Waals surface area contributed by atoms with Gasteiger partial charge in [0.1, 0.15) is 0 Å². The minimum Gasteiger partial charge on any atom is -0.143 e. The molecule has 62 valence electrons. The van der Waals surface area contributed by atoms with Crippen molar-refractivity contribution in [1.29, 1.82) is 0 Å². The van der Waals surface area contributed by atoms with Crippen molar-refractivity contribution in [3.8, 4) is 0 Å². The Morgan fingerprint density at radius 1 is 1.42 bits per heavy atom. The Bertz CT molecular complexity index is 433. The van der Waals surface area contributed by atoms with E-state index in [0.29, 0.717) is 0 Å². The first kappa shape index (κ1) is 8.54. The van der Waals surface area contributed by atoms with E-state index in [1.165, 1.54) is 4.70 Å². The first-order valence-electron chi connectivity index (χ1n) is 3.52. The number of benzene rings is 1. The van der Waals surface area contributed by atoms with Crippen molar-refractivity contribution in [2.24, 2.45) is 0 Å². The highest BCUT2D eigenvalue weighted by Gasteiger charge is 2.06. The van der Waals surface area contributed by atoms with Gasteiger partial charge in [-0.3, -0.25) is 0 Å². The van der Waals surface area contributed by atoms with E-state index < -0.39 is 0 Å². The zero-order valence-electron chi connectivity index (χ0n) is 6.40. The number of hydrogen-bond acceptors (Lipinski definition) is 1. The molecule has 2 aromatic rings. The van der Waals surface area contributed by atoms with E-state index >= 15 is 0 Å². The topological polar surface area (TPSA) is 0 Å². The molecule has 0 amide bonds. The second-order valence-electron chi connectivity index (χ2n) is 2.65. The fourth-order valence-corrected chi connectivity index (χ4v) is 3.24. The Balaban J connectivity index is 2.96. The molecule has 0 saturated carbocycles. The molecule has 0 aliphatic rings. The lowest BCUT2D eigenvalue weighted by Crippen LogP contribution is -1.74. The van der Waals surface area contributed by atoms with Gasteiger partial charge in [-0.25, -0.2) is 0 Å². The number of thiophene rings is 1. The number of halogens is 2. The Morgan fingerprint density at radius 3 is 2.92 bits per heavy atom. The molecule has 0 bridgehead atoms. The minimum absolute atomic E-state index is 0.862. The molecule has 0 spiro atoms. The van der Waals surface area contributed by atoms with Crippen LogP contribution in [-0.4, -0.2) is 0 Å². The van der Waals surface area contributed by atoms with Gasteiger partial charge >= 0.3 is 0 Å². The number of fused-ring (bicyclic) bond motifs is 1. The molecule has 0 radical (unpaired) electrons. The smallest absolute Gasteiger partial charge is 0.0533 e. The van der Waals surface area contributed by atoms with Crippen LogP contribution in [0, 0.1) is 6.92 Å². The monoisotopic (exact) mass is 260 g/mol. The van der Waals surface area contributed by atoms with Crippen LogP contribution in [0.3, 0.4) is 0 Å². The minimum atomic E-state index is 0.862. The quantitative estimate of drug-likeness (QED) is 0.649. The van der Waals surface area contributed by atoms with Crippen molar-refractivity contribution in [2.45, 2.75) is 6.92 Å². The SMILES string of the molecule is Cc1ccc2scc(Br)c2c1Cl. The Hall–Kier alpha value is -0.0500. The van der Waals surface area contributed by atoms with Gasteiger partial charge in [0.05, 0.1) is 5.02 Å². The average Bonchev–Trinajstić information content (AvgIpc) is 2.41. The lowest BCUT2D eigenvalue weighted by Gasteiger charge is -1.98. The van der Waals surface area contributed by atoms with Gasteiger partial charge in [-0.05, 0) is 34.5 Å². The molecule has 0 saturated heterocycles. The van der Waals surface area contributed by atoms with Crippen molar-refractivity contribution >= 4 is 49.0 Å². The summed E-state index contributed by atoms with van der Waals surface area (Å²) in [6, 6.07) is 4.15. The van der Waals surface area contributed by atoms with Crippen LogP contribution in [0.1, 0.15) is 5.56 Å². The third-order valence-corrected chi connectivity index (χ3v) is 4.19. The average molecular weight is 262 g/mol. The first-order valence-corrected chi connectivity index (χ1v) is 5.57.